The minimum absolute atomic E-state index is 0.171. The summed E-state index contributed by atoms with van der Waals surface area (Å²) in [6.45, 7) is 5.94. The van der Waals surface area contributed by atoms with Crippen LogP contribution in [0.5, 0.6) is 0 Å². The van der Waals surface area contributed by atoms with E-state index in [4.69, 9.17) is 23.2 Å². The van der Waals surface area contributed by atoms with E-state index in [1.807, 2.05) is 69.3 Å². The van der Waals surface area contributed by atoms with E-state index in [1.54, 1.807) is 12.1 Å². The molecule has 24 heavy (non-hydrogen) atoms. The first-order chi connectivity index (χ1) is 11.4. The molecule has 0 amide bonds. The lowest BCUT2D eigenvalue weighted by atomic mass is 10.2. The Morgan fingerprint density at radius 3 is 1.67 bits per heavy atom. The van der Waals surface area contributed by atoms with Crippen molar-refractivity contribution in [3.05, 3.63) is 105 Å². The quantitative estimate of drug-likeness (QED) is 0.389. The number of hydrogen-bond donors (Lipinski definition) is 0. The highest BCUT2D eigenvalue weighted by Crippen LogP contribution is 2.12. The van der Waals surface area contributed by atoms with Crippen LogP contribution < -0.4 is 0 Å². The standard InChI is InChI=1S/2C7H7Cl.C7H7F/c1-6-3-2-4-7(8)5-6;1-6-4-2-3-5-7(6)8;1-6-2-4-7(8)5-3-6/h3*2-5H,1H3. The number of hydrogen-bond acceptors (Lipinski definition) is 0. The second-order valence-electron chi connectivity index (χ2n) is 5.34. The van der Waals surface area contributed by atoms with Crippen molar-refractivity contribution >= 4 is 23.2 Å². The smallest absolute Gasteiger partial charge is 0.123 e. The minimum Gasteiger partial charge on any atom is -0.207 e. The normalized spacial score (nSPS) is 9.25. The van der Waals surface area contributed by atoms with Gasteiger partial charge in [0.15, 0.2) is 0 Å². The summed E-state index contributed by atoms with van der Waals surface area (Å²) >= 11 is 11.4. The van der Waals surface area contributed by atoms with Crippen molar-refractivity contribution in [2.24, 2.45) is 0 Å². The van der Waals surface area contributed by atoms with Gasteiger partial charge in [-0.1, -0.05) is 71.2 Å². The van der Waals surface area contributed by atoms with Gasteiger partial charge in [0.2, 0.25) is 0 Å². The third kappa shape index (κ3) is 8.71. The van der Waals surface area contributed by atoms with Gasteiger partial charge in [-0.15, -0.1) is 0 Å². The zero-order valence-corrected chi connectivity index (χ0v) is 15.6. The van der Waals surface area contributed by atoms with E-state index in [2.05, 4.69) is 0 Å². The Hall–Kier alpha value is -1.83. The highest BCUT2D eigenvalue weighted by molar-refractivity contribution is 6.31. The van der Waals surface area contributed by atoms with E-state index in [0.29, 0.717) is 0 Å². The molecule has 0 radical (unpaired) electrons. The van der Waals surface area contributed by atoms with Gasteiger partial charge in [0, 0.05) is 10.0 Å². The summed E-state index contributed by atoms with van der Waals surface area (Å²) in [5.41, 5.74) is 3.43. The molecule has 0 heterocycles. The van der Waals surface area contributed by atoms with Crippen LogP contribution in [0.1, 0.15) is 16.7 Å². The fourth-order valence-electron chi connectivity index (χ4n) is 1.69. The third-order valence-electron chi connectivity index (χ3n) is 3.07. The monoisotopic (exact) mass is 362 g/mol. The van der Waals surface area contributed by atoms with Gasteiger partial charge in [-0.2, -0.15) is 0 Å². The molecule has 3 aromatic carbocycles. The lowest BCUT2D eigenvalue weighted by Gasteiger charge is -1.90. The molecule has 0 unspecified atom stereocenters. The molecule has 0 bridgehead atoms. The Bertz CT molecular complexity index is 678. The van der Waals surface area contributed by atoms with Crippen molar-refractivity contribution in [3.8, 4) is 0 Å². The van der Waals surface area contributed by atoms with Crippen molar-refractivity contribution in [2.45, 2.75) is 20.8 Å². The topological polar surface area (TPSA) is 0 Å². The van der Waals surface area contributed by atoms with Crippen LogP contribution >= 0.6 is 23.2 Å². The van der Waals surface area contributed by atoms with Gasteiger partial charge in [0.25, 0.3) is 0 Å². The van der Waals surface area contributed by atoms with Crippen LogP contribution in [0.3, 0.4) is 0 Å². The first-order valence-corrected chi connectivity index (χ1v) is 8.29. The average Bonchev–Trinajstić information content (AvgIpc) is 2.54. The van der Waals surface area contributed by atoms with Crippen molar-refractivity contribution in [3.63, 3.8) is 0 Å². The Morgan fingerprint density at radius 1 is 0.667 bits per heavy atom. The van der Waals surface area contributed by atoms with Crippen LogP contribution in [-0.2, 0) is 0 Å². The van der Waals surface area contributed by atoms with Gasteiger partial charge >= 0.3 is 0 Å². The largest absolute Gasteiger partial charge is 0.207 e. The molecular formula is C21H21Cl2F. The SMILES string of the molecule is Cc1ccc(F)cc1.Cc1cccc(Cl)c1.Cc1ccccc1Cl. The second kappa shape index (κ2) is 10.9. The molecule has 0 nitrogen and oxygen atoms in total. The fraction of sp³-hybridized carbons (Fsp3) is 0.143. The average molecular weight is 363 g/mol. The molecule has 0 atom stereocenters. The Labute approximate surface area is 153 Å². The van der Waals surface area contributed by atoms with Crippen molar-refractivity contribution in [1.29, 1.82) is 0 Å². The van der Waals surface area contributed by atoms with E-state index in [1.165, 1.54) is 17.7 Å². The van der Waals surface area contributed by atoms with Crippen molar-refractivity contribution in [1.82, 2.24) is 0 Å². The highest BCUT2D eigenvalue weighted by atomic mass is 35.5. The molecule has 0 spiro atoms. The van der Waals surface area contributed by atoms with E-state index in [9.17, 15) is 4.39 Å². The van der Waals surface area contributed by atoms with Crippen LogP contribution in [0.15, 0.2) is 72.8 Å². The van der Waals surface area contributed by atoms with Crippen molar-refractivity contribution in [2.75, 3.05) is 0 Å². The van der Waals surface area contributed by atoms with Gasteiger partial charge in [0.1, 0.15) is 5.82 Å². The molecule has 0 aliphatic rings. The van der Waals surface area contributed by atoms with E-state index in [0.717, 1.165) is 21.2 Å². The van der Waals surface area contributed by atoms with Gasteiger partial charge in [0.05, 0.1) is 0 Å². The molecule has 0 N–H and O–H groups in total. The lowest BCUT2D eigenvalue weighted by molar-refractivity contribution is 0.627. The molecule has 0 aliphatic heterocycles. The number of rotatable bonds is 0. The number of halogens is 3. The highest BCUT2D eigenvalue weighted by Gasteiger charge is 1.86. The summed E-state index contributed by atoms with van der Waals surface area (Å²) in [6.07, 6.45) is 0. The third-order valence-corrected chi connectivity index (χ3v) is 3.73. The molecule has 0 fully saturated rings. The summed E-state index contributed by atoms with van der Waals surface area (Å²) in [6, 6.07) is 21.9. The molecule has 3 heteroatoms. The molecular weight excluding hydrogens is 342 g/mol. The molecule has 0 saturated heterocycles. The van der Waals surface area contributed by atoms with E-state index >= 15 is 0 Å². The van der Waals surface area contributed by atoms with Crippen LogP contribution in [0.2, 0.25) is 10.0 Å². The lowest BCUT2D eigenvalue weighted by Crippen LogP contribution is -1.71. The summed E-state index contributed by atoms with van der Waals surface area (Å²) in [5.74, 6) is -0.171. The van der Waals surface area contributed by atoms with Crippen molar-refractivity contribution < 1.29 is 4.39 Å². The first kappa shape index (κ1) is 20.2. The summed E-state index contributed by atoms with van der Waals surface area (Å²) < 4.78 is 12.1. The Balaban J connectivity index is 0.000000180. The molecule has 3 aromatic rings. The second-order valence-corrected chi connectivity index (χ2v) is 6.19. The molecule has 0 aliphatic carbocycles. The van der Waals surface area contributed by atoms with Crippen LogP contribution in [-0.4, -0.2) is 0 Å². The van der Waals surface area contributed by atoms with Gasteiger partial charge in [-0.05, 0) is 62.2 Å². The predicted molar refractivity (Wildman–Crippen MR) is 104 cm³/mol. The van der Waals surface area contributed by atoms with Gasteiger partial charge in [-0.3, -0.25) is 0 Å². The maximum Gasteiger partial charge on any atom is 0.123 e. The zero-order chi connectivity index (χ0) is 17.9. The number of aryl methyl sites for hydroxylation is 3. The maximum atomic E-state index is 12.1. The molecule has 126 valence electrons. The van der Waals surface area contributed by atoms with Crippen LogP contribution in [0, 0.1) is 26.6 Å². The Morgan fingerprint density at radius 2 is 1.29 bits per heavy atom. The predicted octanol–water partition coefficient (Wildman–Crippen LogP) is 7.43. The Kier molecular flexibility index (Phi) is 9.14. The summed E-state index contributed by atoms with van der Waals surface area (Å²) in [5, 5.41) is 1.65. The van der Waals surface area contributed by atoms with E-state index < -0.39 is 0 Å². The van der Waals surface area contributed by atoms with Crippen LogP contribution in [0.4, 0.5) is 4.39 Å². The fourth-order valence-corrected chi connectivity index (χ4v) is 2.07. The minimum atomic E-state index is -0.171. The molecule has 3 rings (SSSR count). The zero-order valence-electron chi connectivity index (χ0n) is 14.1. The summed E-state index contributed by atoms with van der Waals surface area (Å²) in [7, 11) is 0. The van der Waals surface area contributed by atoms with Gasteiger partial charge in [-0.25, -0.2) is 4.39 Å². The van der Waals surface area contributed by atoms with Crippen LogP contribution in [0.25, 0.3) is 0 Å². The molecule has 0 aromatic heterocycles. The first-order valence-electron chi connectivity index (χ1n) is 7.54. The maximum absolute atomic E-state index is 12.1. The van der Waals surface area contributed by atoms with Gasteiger partial charge < -0.3 is 0 Å². The number of benzene rings is 3. The van der Waals surface area contributed by atoms with E-state index in [-0.39, 0.29) is 5.82 Å². The summed E-state index contributed by atoms with van der Waals surface area (Å²) in [4.78, 5) is 0. The molecule has 0 saturated carbocycles.